The van der Waals surface area contributed by atoms with E-state index in [1.54, 1.807) is 31.8 Å². The molecule has 0 radical (unpaired) electrons. The third-order valence-electron chi connectivity index (χ3n) is 6.44. The number of fused-ring (bicyclic) bond motifs is 2. The van der Waals surface area contributed by atoms with Crippen molar-refractivity contribution in [3.8, 4) is 11.1 Å². The van der Waals surface area contributed by atoms with Crippen LogP contribution in [0.5, 0.6) is 0 Å². The summed E-state index contributed by atoms with van der Waals surface area (Å²) in [6, 6.07) is 6.60. The Morgan fingerprint density at radius 3 is 2.74 bits per heavy atom. The highest BCUT2D eigenvalue weighted by Gasteiger charge is 2.26. The molecule has 0 aliphatic heterocycles. The zero-order valence-electron chi connectivity index (χ0n) is 19.6. The van der Waals surface area contributed by atoms with Crippen molar-refractivity contribution < 1.29 is 18.3 Å². The van der Waals surface area contributed by atoms with Crippen molar-refractivity contribution in [1.29, 1.82) is 0 Å². The fraction of sp³-hybridized carbons (Fsp3) is 0.280. The lowest BCUT2D eigenvalue weighted by molar-refractivity contribution is 0.0789. The smallest absolute Gasteiger partial charge is 0.333 e. The van der Waals surface area contributed by atoms with Crippen molar-refractivity contribution >= 4 is 38.6 Å². The summed E-state index contributed by atoms with van der Waals surface area (Å²) in [5.41, 5.74) is 5.85. The van der Waals surface area contributed by atoms with Gasteiger partial charge in [-0.2, -0.15) is 0 Å². The number of aromatic nitrogens is 2. The van der Waals surface area contributed by atoms with E-state index < -0.39 is 21.7 Å². The van der Waals surface area contributed by atoms with Crippen LogP contribution in [0.1, 0.15) is 42.5 Å². The van der Waals surface area contributed by atoms with E-state index in [4.69, 9.17) is 0 Å². The van der Waals surface area contributed by atoms with E-state index >= 15 is 0 Å². The van der Waals surface area contributed by atoms with Gasteiger partial charge in [-0.05, 0) is 85.4 Å². The van der Waals surface area contributed by atoms with Gasteiger partial charge >= 0.3 is 6.03 Å². The van der Waals surface area contributed by atoms with E-state index in [1.807, 2.05) is 29.7 Å². The molecule has 1 aromatic carbocycles. The largest absolute Gasteiger partial charge is 0.386 e. The predicted molar refractivity (Wildman–Crippen MR) is 136 cm³/mol. The molecule has 0 spiro atoms. The first-order valence-corrected chi connectivity index (χ1v) is 13.6. The molecule has 5 rings (SSSR count). The maximum absolute atomic E-state index is 13.0. The molecule has 0 fully saturated rings. The molecule has 3 aromatic heterocycles. The van der Waals surface area contributed by atoms with Gasteiger partial charge < -0.3 is 14.8 Å². The number of anilines is 1. The number of carbonyl (C=O) groups is 1. The van der Waals surface area contributed by atoms with Crippen LogP contribution in [-0.4, -0.2) is 28.9 Å². The quantitative estimate of drug-likeness (QED) is 0.363. The normalized spacial score (nSPS) is 13.7. The second-order valence-electron chi connectivity index (χ2n) is 9.29. The molecule has 2 amide bonds. The SMILES string of the molecule is Cc1c(-c2ccc3c(c2NC(=O)NS(=O)(=O)c2cc(C(C)(C)O)cs2)CCC3)ccn2cncc12. The van der Waals surface area contributed by atoms with Gasteiger partial charge in [-0.1, -0.05) is 12.1 Å². The van der Waals surface area contributed by atoms with Crippen molar-refractivity contribution in [3.05, 3.63) is 70.6 Å². The fourth-order valence-corrected chi connectivity index (χ4v) is 6.80. The molecule has 0 saturated carbocycles. The summed E-state index contributed by atoms with van der Waals surface area (Å²) in [4.78, 5) is 17.2. The molecule has 35 heavy (non-hydrogen) atoms. The maximum Gasteiger partial charge on any atom is 0.333 e. The molecular formula is C25H26N4O4S2. The Morgan fingerprint density at radius 2 is 2.00 bits per heavy atom. The van der Waals surface area contributed by atoms with Gasteiger partial charge in [0.25, 0.3) is 10.0 Å². The number of nitrogens with zero attached hydrogens (tertiary/aromatic N) is 2. The minimum absolute atomic E-state index is 0.0367. The van der Waals surface area contributed by atoms with Crippen molar-refractivity contribution in [2.75, 3.05) is 5.32 Å². The number of nitrogens with one attached hydrogen (secondary N) is 2. The number of rotatable bonds is 5. The Labute approximate surface area is 207 Å². The molecule has 3 N–H and O–H groups in total. The zero-order chi connectivity index (χ0) is 25.0. The Hall–Kier alpha value is -3.21. The minimum atomic E-state index is -4.11. The van der Waals surface area contributed by atoms with E-state index in [1.165, 1.54) is 6.07 Å². The van der Waals surface area contributed by atoms with Gasteiger partial charge in [0.2, 0.25) is 0 Å². The number of aliphatic hydroxyl groups is 1. The molecule has 0 saturated heterocycles. The van der Waals surface area contributed by atoms with Crippen LogP contribution >= 0.6 is 11.3 Å². The topological polar surface area (TPSA) is 113 Å². The summed E-state index contributed by atoms with van der Waals surface area (Å²) in [7, 11) is -4.11. The Balaban J connectivity index is 1.49. The first-order chi connectivity index (χ1) is 16.5. The average Bonchev–Trinajstić information content (AvgIpc) is 3.53. The fourth-order valence-electron chi connectivity index (χ4n) is 4.55. The predicted octanol–water partition coefficient (Wildman–Crippen LogP) is 4.60. The minimum Gasteiger partial charge on any atom is -0.386 e. The number of sulfonamides is 1. The number of benzene rings is 1. The third kappa shape index (κ3) is 4.33. The van der Waals surface area contributed by atoms with Gasteiger partial charge in [-0.25, -0.2) is 22.9 Å². The highest BCUT2D eigenvalue weighted by molar-refractivity contribution is 7.92. The van der Waals surface area contributed by atoms with Crippen LogP contribution in [0.3, 0.4) is 0 Å². The van der Waals surface area contributed by atoms with Crippen molar-refractivity contribution in [3.63, 3.8) is 0 Å². The number of hydrogen-bond acceptors (Lipinski definition) is 6. The van der Waals surface area contributed by atoms with Crippen LogP contribution in [0.15, 0.2) is 52.6 Å². The zero-order valence-corrected chi connectivity index (χ0v) is 21.3. The lowest BCUT2D eigenvalue weighted by atomic mass is 9.95. The first kappa shape index (κ1) is 23.5. The molecule has 0 bridgehead atoms. The number of carbonyl (C=O) groups excluding carboxylic acids is 1. The van der Waals surface area contributed by atoms with Gasteiger partial charge in [-0.3, -0.25) is 0 Å². The molecular weight excluding hydrogens is 484 g/mol. The summed E-state index contributed by atoms with van der Waals surface area (Å²) >= 11 is 0.957. The molecule has 0 atom stereocenters. The summed E-state index contributed by atoms with van der Waals surface area (Å²) in [6.45, 7) is 5.16. The summed E-state index contributed by atoms with van der Waals surface area (Å²) in [5, 5.41) is 14.6. The van der Waals surface area contributed by atoms with E-state index in [0.717, 1.165) is 63.9 Å². The van der Waals surface area contributed by atoms with Gasteiger partial charge in [0.1, 0.15) is 4.21 Å². The summed E-state index contributed by atoms with van der Waals surface area (Å²) in [5.74, 6) is 0. The van der Waals surface area contributed by atoms with Gasteiger partial charge in [0, 0.05) is 11.8 Å². The maximum atomic E-state index is 13.0. The van der Waals surface area contributed by atoms with Crippen LogP contribution < -0.4 is 10.0 Å². The molecule has 10 heteroatoms. The second kappa shape index (κ2) is 8.47. The standard InChI is InChI=1S/C25H26N4O4S2/c1-15-18(9-10-29-14-26-12-21(15)29)20-8-7-16-5-4-6-19(16)23(20)27-24(30)28-35(32,33)22-11-17(13-34-22)25(2,3)31/h7-14,31H,4-6H2,1-3H3,(H2,27,28,30). The van der Waals surface area contributed by atoms with Crippen LogP contribution in [0.2, 0.25) is 0 Å². The van der Waals surface area contributed by atoms with Gasteiger partial charge in [-0.15, -0.1) is 11.3 Å². The average molecular weight is 511 g/mol. The van der Waals surface area contributed by atoms with Crippen molar-refractivity contribution in [1.82, 2.24) is 14.1 Å². The number of thiophene rings is 1. The lowest BCUT2D eigenvalue weighted by Crippen LogP contribution is -2.34. The number of pyridine rings is 1. The molecule has 182 valence electrons. The van der Waals surface area contributed by atoms with Crippen LogP contribution in [0, 0.1) is 6.92 Å². The van der Waals surface area contributed by atoms with Gasteiger partial charge in [0.05, 0.1) is 29.3 Å². The monoisotopic (exact) mass is 510 g/mol. The number of aryl methyl sites for hydroxylation is 2. The Morgan fingerprint density at radius 1 is 1.20 bits per heavy atom. The van der Waals surface area contributed by atoms with Crippen molar-refractivity contribution in [2.45, 2.75) is 49.8 Å². The number of amides is 2. The van der Waals surface area contributed by atoms with E-state index in [-0.39, 0.29) is 4.21 Å². The summed E-state index contributed by atoms with van der Waals surface area (Å²) in [6.07, 6.45) is 8.15. The van der Waals surface area contributed by atoms with Gasteiger partial charge in [0.15, 0.2) is 0 Å². The third-order valence-corrected chi connectivity index (χ3v) is 9.21. The second-order valence-corrected chi connectivity index (χ2v) is 12.1. The molecule has 4 aromatic rings. The van der Waals surface area contributed by atoms with Crippen LogP contribution in [0.4, 0.5) is 10.5 Å². The Bertz CT molecular complexity index is 1560. The Kier molecular flexibility index (Phi) is 5.70. The molecule has 1 aliphatic rings. The number of hydrogen-bond donors (Lipinski definition) is 3. The molecule has 3 heterocycles. The summed E-state index contributed by atoms with van der Waals surface area (Å²) < 4.78 is 29.8. The van der Waals surface area contributed by atoms with E-state index in [0.29, 0.717) is 11.3 Å². The molecule has 8 nitrogen and oxygen atoms in total. The van der Waals surface area contributed by atoms with Crippen LogP contribution in [0.25, 0.3) is 16.6 Å². The highest BCUT2D eigenvalue weighted by atomic mass is 32.2. The van der Waals surface area contributed by atoms with E-state index in [9.17, 15) is 18.3 Å². The molecule has 1 aliphatic carbocycles. The number of urea groups is 1. The van der Waals surface area contributed by atoms with Crippen molar-refractivity contribution in [2.24, 2.45) is 0 Å². The number of imidazole rings is 1. The highest BCUT2D eigenvalue weighted by Crippen LogP contribution is 2.39. The van der Waals surface area contributed by atoms with Crippen LogP contribution in [-0.2, 0) is 28.5 Å². The lowest BCUT2D eigenvalue weighted by Gasteiger charge is -2.18. The molecule has 0 unspecified atom stereocenters. The van der Waals surface area contributed by atoms with E-state index in [2.05, 4.69) is 21.1 Å². The first-order valence-electron chi connectivity index (χ1n) is 11.3.